The average Bonchev–Trinajstić information content (AvgIpc) is 3.36. The summed E-state index contributed by atoms with van der Waals surface area (Å²) in [6.45, 7) is 4.34. The van der Waals surface area contributed by atoms with Gasteiger partial charge in [0.05, 0.1) is 11.0 Å². The molecule has 0 spiro atoms. The van der Waals surface area contributed by atoms with Gasteiger partial charge < -0.3 is 20.1 Å². The molecule has 0 atom stereocenters. The average molecular weight is 369 g/mol. The van der Waals surface area contributed by atoms with Crippen molar-refractivity contribution in [3.8, 4) is 0 Å². The van der Waals surface area contributed by atoms with Gasteiger partial charge in [0.2, 0.25) is 0 Å². The number of benzene rings is 1. The Hall–Kier alpha value is -2.57. The summed E-state index contributed by atoms with van der Waals surface area (Å²) in [5, 5.41) is 3.12. The third-order valence-electron chi connectivity index (χ3n) is 5.65. The minimum Gasteiger partial charge on any atom is -0.342 e. The number of nitrogens with zero attached hydrogens (tertiary/aromatic N) is 3. The monoisotopic (exact) mass is 369 g/mol. The number of rotatable bonds is 3. The zero-order chi connectivity index (χ0) is 18.8. The molecule has 2 fully saturated rings. The number of imidazole rings is 1. The minimum absolute atomic E-state index is 0.0139. The Kier molecular flexibility index (Phi) is 5.01. The van der Waals surface area contributed by atoms with Crippen molar-refractivity contribution in [1.29, 1.82) is 0 Å². The highest BCUT2D eigenvalue weighted by atomic mass is 16.2. The van der Waals surface area contributed by atoms with Gasteiger partial charge in [0.25, 0.3) is 5.91 Å². The molecule has 27 heavy (non-hydrogen) atoms. The van der Waals surface area contributed by atoms with Crippen LogP contribution in [0.4, 0.5) is 4.79 Å². The first-order valence-corrected chi connectivity index (χ1v) is 9.97. The van der Waals surface area contributed by atoms with Gasteiger partial charge in [0, 0.05) is 44.2 Å². The van der Waals surface area contributed by atoms with Crippen LogP contribution in [0.15, 0.2) is 18.2 Å². The third-order valence-corrected chi connectivity index (χ3v) is 5.65. The molecule has 1 aromatic heterocycles. The van der Waals surface area contributed by atoms with E-state index in [9.17, 15) is 9.59 Å². The fourth-order valence-corrected chi connectivity index (χ4v) is 3.99. The molecule has 7 nitrogen and oxygen atoms in total. The van der Waals surface area contributed by atoms with E-state index in [-0.39, 0.29) is 11.9 Å². The Labute approximate surface area is 159 Å². The van der Waals surface area contributed by atoms with Gasteiger partial charge in [0.15, 0.2) is 0 Å². The Morgan fingerprint density at radius 2 is 1.85 bits per heavy atom. The molecule has 1 saturated heterocycles. The van der Waals surface area contributed by atoms with E-state index in [0.29, 0.717) is 37.8 Å². The van der Waals surface area contributed by atoms with Crippen LogP contribution >= 0.6 is 0 Å². The largest absolute Gasteiger partial charge is 0.342 e. The Balaban J connectivity index is 1.36. The summed E-state index contributed by atoms with van der Waals surface area (Å²) in [7, 11) is 0. The second kappa shape index (κ2) is 7.58. The van der Waals surface area contributed by atoms with Crippen molar-refractivity contribution in [2.45, 2.75) is 45.1 Å². The maximum Gasteiger partial charge on any atom is 0.317 e. The summed E-state index contributed by atoms with van der Waals surface area (Å²) in [4.78, 5) is 36.6. The standard InChI is InChI=1S/C20H27N5O2/c1-2-18-22-16-8-7-14(13-17(16)23-18)19(26)24-9-11-25(12-10-24)20(27)21-15-5-3-4-6-15/h7-8,13,15H,2-6,9-12H2,1H3,(H,21,27)(H,22,23). The Bertz CT molecular complexity index is 832. The van der Waals surface area contributed by atoms with Crippen molar-refractivity contribution in [3.63, 3.8) is 0 Å². The lowest BCUT2D eigenvalue weighted by Crippen LogP contribution is -2.54. The molecule has 2 aromatic rings. The van der Waals surface area contributed by atoms with Crippen LogP contribution in [0.2, 0.25) is 0 Å². The smallest absolute Gasteiger partial charge is 0.317 e. The molecule has 2 aliphatic rings. The number of H-pyrrole nitrogens is 1. The lowest BCUT2D eigenvalue weighted by Gasteiger charge is -2.35. The number of nitrogens with one attached hydrogen (secondary N) is 2. The zero-order valence-electron chi connectivity index (χ0n) is 15.8. The number of urea groups is 1. The molecular formula is C20H27N5O2. The lowest BCUT2D eigenvalue weighted by atomic mass is 10.1. The molecular weight excluding hydrogens is 342 g/mol. The van der Waals surface area contributed by atoms with E-state index in [0.717, 1.165) is 36.1 Å². The van der Waals surface area contributed by atoms with Crippen LogP contribution in [-0.4, -0.2) is 63.9 Å². The van der Waals surface area contributed by atoms with Crippen molar-refractivity contribution >= 4 is 23.0 Å². The second-order valence-electron chi connectivity index (χ2n) is 7.48. The molecule has 2 N–H and O–H groups in total. The van der Waals surface area contributed by atoms with E-state index in [1.54, 1.807) is 0 Å². The van der Waals surface area contributed by atoms with Crippen molar-refractivity contribution in [2.24, 2.45) is 0 Å². The third kappa shape index (κ3) is 3.77. The van der Waals surface area contributed by atoms with Crippen LogP contribution in [0.5, 0.6) is 0 Å². The number of aromatic nitrogens is 2. The van der Waals surface area contributed by atoms with Crippen LogP contribution in [0.25, 0.3) is 11.0 Å². The van der Waals surface area contributed by atoms with E-state index in [1.165, 1.54) is 12.8 Å². The molecule has 2 heterocycles. The topological polar surface area (TPSA) is 81.3 Å². The maximum atomic E-state index is 12.8. The van der Waals surface area contributed by atoms with Crippen LogP contribution in [-0.2, 0) is 6.42 Å². The number of aryl methyl sites for hydroxylation is 1. The Morgan fingerprint density at radius 3 is 2.56 bits per heavy atom. The van der Waals surface area contributed by atoms with E-state index in [1.807, 2.05) is 34.9 Å². The number of aromatic amines is 1. The predicted octanol–water partition coefficient (Wildman–Crippen LogP) is 2.54. The second-order valence-corrected chi connectivity index (χ2v) is 7.48. The molecule has 0 unspecified atom stereocenters. The van der Waals surface area contributed by atoms with Crippen LogP contribution in [0, 0.1) is 0 Å². The molecule has 1 aliphatic carbocycles. The number of carbonyl (C=O) groups excluding carboxylic acids is 2. The van der Waals surface area contributed by atoms with Gasteiger partial charge in [0.1, 0.15) is 5.82 Å². The first-order valence-electron chi connectivity index (χ1n) is 9.97. The summed E-state index contributed by atoms with van der Waals surface area (Å²) in [6.07, 6.45) is 5.41. The van der Waals surface area contributed by atoms with E-state index < -0.39 is 0 Å². The van der Waals surface area contributed by atoms with Crippen molar-refractivity contribution in [2.75, 3.05) is 26.2 Å². The molecule has 3 amide bonds. The van der Waals surface area contributed by atoms with E-state index in [2.05, 4.69) is 15.3 Å². The quantitative estimate of drug-likeness (QED) is 0.872. The van der Waals surface area contributed by atoms with Gasteiger partial charge in [-0.15, -0.1) is 0 Å². The van der Waals surface area contributed by atoms with Gasteiger partial charge in [-0.3, -0.25) is 4.79 Å². The van der Waals surface area contributed by atoms with Crippen molar-refractivity contribution in [3.05, 3.63) is 29.6 Å². The predicted molar refractivity (Wildman–Crippen MR) is 104 cm³/mol. The van der Waals surface area contributed by atoms with Crippen LogP contribution < -0.4 is 5.32 Å². The van der Waals surface area contributed by atoms with Gasteiger partial charge in [-0.25, -0.2) is 9.78 Å². The number of carbonyl (C=O) groups is 2. The molecule has 0 radical (unpaired) electrons. The first-order chi connectivity index (χ1) is 13.1. The fourth-order valence-electron chi connectivity index (χ4n) is 3.99. The summed E-state index contributed by atoms with van der Waals surface area (Å²) < 4.78 is 0. The number of hydrogen-bond donors (Lipinski definition) is 2. The highest BCUT2D eigenvalue weighted by Crippen LogP contribution is 2.19. The zero-order valence-corrected chi connectivity index (χ0v) is 15.8. The molecule has 4 rings (SSSR count). The SMILES string of the molecule is CCc1nc2ccc(C(=O)N3CCN(C(=O)NC4CCCC4)CC3)cc2[nH]1. The summed E-state index contributed by atoms with van der Waals surface area (Å²) >= 11 is 0. The van der Waals surface area contributed by atoms with Gasteiger partial charge in [-0.2, -0.15) is 0 Å². The number of hydrogen-bond acceptors (Lipinski definition) is 3. The first kappa shape index (κ1) is 17.8. The van der Waals surface area contributed by atoms with E-state index >= 15 is 0 Å². The van der Waals surface area contributed by atoms with Gasteiger partial charge in [-0.1, -0.05) is 19.8 Å². The molecule has 1 aromatic carbocycles. The van der Waals surface area contributed by atoms with Crippen LogP contribution in [0.3, 0.4) is 0 Å². The minimum atomic E-state index is 0.0139. The fraction of sp³-hybridized carbons (Fsp3) is 0.550. The molecule has 1 aliphatic heterocycles. The highest BCUT2D eigenvalue weighted by molar-refractivity contribution is 5.97. The van der Waals surface area contributed by atoms with Gasteiger partial charge in [-0.05, 0) is 31.0 Å². The Morgan fingerprint density at radius 1 is 1.15 bits per heavy atom. The molecule has 1 saturated carbocycles. The number of fused-ring (bicyclic) bond motifs is 1. The summed E-state index contributed by atoms with van der Waals surface area (Å²) in [5.74, 6) is 0.942. The van der Waals surface area contributed by atoms with Crippen LogP contribution in [0.1, 0.15) is 48.8 Å². The summed E-state index contributed by atoms with van der Waals surface area (Å²) in [6, 6.07) is 5.95. The molecule has 0 bridgehead atoms. The van der Waals surface area contributed by atoms with E-state index in [4.69, 9.17) is 0 Å². The van der Waals surface area contributed by atoms with Crippen molar-refractivity contribution < 1.29 is 9.59 Å². The van der Waals surface area contributed by atoms with Crippen molar-refractivity contribution in [1.82, 2.24) is 25.1 Å². The lowest BCUT2D eigenvalue weighted by molar-refractivity contribution is 0.0663. The molecule has 144 valence electrons. The van der Waals surface area contributed by atoms with Gasteiger partial charge >= 0.3 is 6.03 Å². The highest BCUT2D eigenvalue weighted by Gasteiger charge is 2.27. The normalized spacial score (nSPS) is 18.3. The number of piperazine rings is 1. The summed E-state index contributed by atoms with van der Waals surface area (Å²) in [5.41, 5.74) is 2.45. The maximum absolute atomic E-state index is 12.8. The number of amides is 3. The molecule has 7 heteroatoms.